The van der Waals surface area contributed by atoms with Crippen LogP contribution in [0.1, 0.15) is 28.0 Å². The number of rotatable bonds is 2. The van der Waals surface area contributed by atoms with Crippen molar-refractivity contribution in [2.75, 3.05) is 13.2 Å². The van der Waals surface area contributed by atoms with Gasteiger partial charge >= 0.3 is 0 Å². The van der Waals surface area contributed by atoms with Crippen molar-refractivity contribution in [1.82, 2.24) is 4.98 Å². The molecule has 0 radical (unpaired) electrons. The Morgan fingerprint density at radius 2 is 2.20 bits per heavy atom. The van der Waals surface area contributed by atoms with Crippen molar-refractivity contribution < 1.29 is 14.3 Å². The molecule has 0 atom stereocenters. The van der Waals surface area contributed by atoms with Crippen LogP contribution in [-0.4, -0.2) is 24.5 Å². The molecule has 0 aromatic carbocycles. The third-order valence-corrected chi connectivity index (χ3v) is 2.52. The normalized spacial score (nSPS) is 16.9. The van der Waals surface area contributed by atoms with Gasteiger partial charge in [0.25, 0.3) is 0 Å². The van der Waals surface area contributed by atoms with Gasteiger partial charge in [-0.15, -0.1) is 0 Å². The van der Waals surface area contributed by atoms with Crippen LogP contribution in [0.5, 0.6) is 0 Å². The van der Waals surface area contributed by atoms with Crippen molar-refractivity contribution in [3.05, 3.63) is 28.0 Å². The molecular formula is C10H10ClNO3. The van der Waals surface area contributed by atoms with E-state index >= 15 is 0 Å². The molecule has 1 saturated heterocycles. The number of aromatic nitrogens is 1. The summed E-state index contributed by atoms with van der Waals surface area (Å²) in [6.07, 6.45) is 0.228. The molecule has 0 aliphatic carbocycles. The molecule has 5 heteroatoms. The predicted molar refractivity (Wildman–Crippen MR) is 54.0 cm³/mol. The van der Waals surface area contributed by atoms with E-state index < -0.39 is 6.29 Å². The maximum Gasteiger partial charge on any atom is 0.185 e. The third kappa shape index (κ3) is 2.02. The lowest BCUT2D eigenvalue weighted by Gasteiger charge is -2.12. The lowest BCUT2D eigenvalue weighted by molar-refractivity contribution is -0.0448. The topological polar surface area (TPSA) is 48.4 Å². The molecule has 1 aliphatic heterocycles. The summed E-state index contributed by atoms with van der Waals surface area (Å²) in [6.45, 7) is 2.93. The van der Waals surface area contributed by atoms with Gasteiger partial charge < -0.3 is 9.47 Å². The number of pyridine rings is 1. The van der Waals surface area contributed by atoms with E-state index in [4.69, 9.17) is 21.1 Å². The van der Waals surface area contributed by atoms with Crippen molar-refractivity contribution in [1.29, 1.82) is 0 Å². The Hall–Kier alpha value is -0.970. The quantitative estimate of drug-likeness (QED) is 0.724. The highest BCUT2D eigenvalue weighted by Gasteiger charge is 2.22. The Morgan fingerprint density at radius 1 is 1.53 bits per heavy atom. The van der Waals surface area contributed by atoms with E-state index in [-0.39, 0.29) is 5.69 Å². The van der Waals surface area contributed by atoms with Gasteiger partial charge in [-0.1, -0.05) is 11.6 Å². The first kappa shape index (κ1) is 10.5. The second-order valence-corrected chi connectivity index (χ2v) is 3.63. The molecule has 0 amide bonds. The minimum absolute atomic E-state index is 0.246. The van der Waals surface area contributed by atoms with Gasteiger partial charge in [0.05, 0.1) is 18.2 Å². The number of nitrogens with zero attached hydrogens (tertiary/aromatic N) is 1. The van der Waals surface area contributed by atoms with E-state index in [2.05, 4.69) is 4.98 Å². The molecule has 1 aromatic heterocycles. The summed E-state index contributed by atoms with van der Waals surface area (Å²) >= 11 is 5.88. The summed E-state index contributed by atoms with van der Waals surface area (Å²) in [4.78, 5) is 14.7. The van der Waals surface area contributed by atoms with Crippen LogP contribution in [0.2, 0.25) is 5.02 Å². The Kier molecular flexibility index (Phi) is 3.00. The molecule has 2 heterocycles. The number of hydrogen-bond donors (Lipinski definition) is 0. The zero-order valence-electron chi connectivity index (χ0n) is 8.20. The highest BCUT2D eigenvalue weighted by Crippen LogP contribution is 2.28. The van der Waals surface area contributed by atoms with Gasteiger partial charge in [-0.05, 0) is 13.0 Å². The first-order valence-corrected chi connectivity index (χ1v) is 4.95. The number of aldehydes is 1. The van der Waals surface area contributed by atoms with E-state index in [9.17, 15) is 4.79 Å². The van der Waals surface area contributed by atoms with Crippen LogP contribution in [0.25, 0.3) is 0 Å². The van der Waals surface area contributed by atoms with Crippen LogP contribution < -0.4 is 0 Å². The smallest absolute Gasteiger partial charge is 0.185 e. The van der Waals surface area contributed by atoms with Crippen molar-refractivity contribution in [2.24, 2.45) is 0 Å². The lowest BCUT2D eigenvalue weighted by Crippen LogP contribution is -2.04. The number of hydrogen-bond acceptors (Lipinski definition) is 4. The molecule has 1 aliphatic rings. The first-order chi connectivity index (χ1) is 7.22. The van der Waals surface area contributed by atoms with Gasteiger partial charge in [-0.3, -0.25) is 4.79 Å². The average molecular weight is 228 g/mol. The van der Waals surface area contributed by atoms with Gasteiger partial charge in [0.2, 0.25) is 0 Å². The predicted octanol–water partition coefficient (Wildman–Crippen LogP) is 1.90. The fourth-order valence-corrected chi connectivity index (χ4v) is 1.68. The molecule has 15 heavy (non-hydrogen) atoms. The minimum Gasteiger partial charge on any atom is -0.346 e. The molecule has 0 spiro atoms. The van der Waals surface area contributed by atoms with Gasteiger partial charge in [-0.25, -0.2) is 4.98 Å². The van der Waals surface area contributed by atoms with Crippen LogP contribution in [0.4, 0.5) is 0 Å². The third-order valence-electron chi connectivity index (χ3n) is 2.22. The van der Waals surface area contributed by atoms with E-state index in [0.29, 0.717) is 30.2 Å². The van der Waals surface area contributed by atoms with Gasteiger partial charge in [0, 0.05) is 11.3 Å². The fraction of sp³-hybridized carbons (Fsp3) is 0.400. The van der Waals surface area contributed by atoms with Crippen LogP contribution in [0, 0.1) is 6.92 Å². The number of carbonyl (C=O) groups excluding carboxylic acids is 1. The van der Waals surface area contributed by atoms with E-state index in [1.165, 1.54) is 0 Å². The van der Waals surface area contributed by atoms with Gasteiger partial charge in [0.15, 0.2) is 12.6 Å². The molecule has 0 saturated carbocycles. The summed E-state index contributed by atoms with van der Waals surface area (Å²) in [6, 6.07) is 1.67. The minimum atomic E-state index is -0.407. The highest BCUT2D eigenvalue weighted by molar-refractivity contribution is 6.32. The van der Waals surface area contributed by atoms with Crippen molar-refractivity contribution >= 4 is 17.9 Å². The molecular weight excluding hydrogens is 218 g/mol. The van der Waals surface area contributed by atoms with Crippen molar-refractivity contribution in [3.63, 3.8) is 0 Å². The Balaban J connectivity index is 2.39. The molecule has 0 N–H and O–H groups in total. The van der Waals surface area contributed by atoms with Crippen LogP contribution in [-0.2, 0) is 9.47 Å². The number of aryl methyl sites for hydroxylation is 1. The van der Waals surface area contributed by atoms with Crippen LogP contribution >= 0.6 is 11.6 Å². The second kappa shape index (κ2) is 4.26. The summed E-state index contributed by atoms with van der Waals surface area (Å²) in [5, 5.41) is 0.324. The summed E-state index contributed by atoms with van der Waals surface area (Å²) < 4.78 is 10.7. The maximum atomic E-state index is 10.6. The second-order valence-electron chi connectivity index (χ2n) is 3.22. The Morgan fingerprint density at radius 3 is 2.80 bits per heavy atom. The Bertz CT molecular complexity index is 388. The zero-order chi connectivity index (χ0) is 10.8. The summed E-state index contributed by atoms with van der Waals surface area (Å²) in [5.41, 5.74) is 1.73. The summed E-state index contributed by atoms with van der Waals surface area (Å²) in [7, 11) is 0. The average Bonchev–Trinajstić information content (AvgIpc) is 2.74. The zero-order valence-corrected chi connectivity index (χ0v) is 8.95. The highest BCUT2D eigenvalue weighted by atomic mass is 35.5. The standard InChI is InChI=1S/C10H10ClNO3/c1-6-7(10-14-2-3-15-10)4-8(11)9(5-13)12-6/h4-5,10H,2-3H2,1H3. The van der Waals surface area contributed by atoms with Crippen molar-refractivity contribution in [3.8, 4) is 0 Å². The first-order valence-electron chi connectivity index (χ1n) is 4.58. The maximum absolute atomic E-state index is 10.6. The number of halogens is 1. The molecule has 0 bridgehead atoms. The number of carbonyl (C=O) groups is 1. The molecule has 80 valence electrons. The largest absolute Gasteiger partial charge is 0.346 e. The van der Waals surface area contributed by atoms with Gasteiger partial charge in [-0.2, -0.15) is 0 Å². The van der Waals surface area contributed by atoms with Crippen LogP contribution in [0.3, 0.4) is 0 Å². The van der Waals surface area contributed by atoms with E-state index in [1.807, 2.05) is 0 Å². The molecule has 2 rings (SSSR count). The van der Waals surface area contributed by atoms with Crippen LogP contribution in [0.15, 0.2) is 6.07 Å². The van der Waals surface area contributed by atoms with E-state index in [1.54, 1.807) is 13.0 Å². The molecule has 1 fully saturated rings. The number of ether oxygens (including phenoxy) is 2. The fourth-order valence-electron chi connectivity index (χ4n) is 1.47. The Labute approximate surface area is 92.2 Å². The summed E-state index contributed by atoms with van der Waals surface area (Å²) in [5.74, 6) is 0. The van der Waals surface area contributed by atoms with Crippen molar-refractivity contribution in [2.45, 2.75) is 13.2 Å². The SMILES string of the molecule is Cc1nc(C=O)c(Cl)cc1C1OCCO1. The molecule has 0 unspecified atom stereocenters. The molecule has 1 aromatic rings. The van der Waals surface area contributed by atoms with Gasteiger partial charge in [0.1, 0.15) is 5.69 Å². The van der Waals surface area contributed by atoms with E-state index in [0.717, 1.165) is 5.56 Å². The lowest BCUT2D eigenvalue weighted by atomic mass is 10.2. The monoisotopic (exact) mass is 227 g/mol. The molecule has 4 nitrogen and oxygen atoms in total.